The summed E-state index contributed by atoms with van der Waals surface area (Å²) < 4.78 is 95.4. The van der Waals surface area contributed by atoms with Crippen molar-refractivity contribution in [2.45, 2.75) is 119 Å². The molecule has 1 aliphatic carbocycles. The first-order chi connectivity index (χ1) is 27.2. The molecule has 4 aliphatic rings. The Balaban J connectivity index is 1.28. The van der Waals surface area contributed by atoms with Gasteiger partial charge in [0, 0.05) is 24.4 Å². The van der Waals surface area contributed by atoms with Crippen molar-refractivity contribution < 1.29 is 59.4 Å². The fourth-order valence-corrected chi connectivity index (χ4v) is 8.81. The average molecular weight is 836 g/mol. The first kappa shape index (κ1) is 42.4. The summed E-state index contributed by atoms with van der Waals surface area (Å²) in [6.45, 7) is 4.57. The third kappa shape index (κ3) is 9.40. The van der Waals surface area contributed by atoms with Gasteiger partial charge in [-0.1, -0.05) is 49.3 Å². The van der Waals surface area contributed by atoms with Crippen molar-refractivity contribution in [2.24, 2.45) is 5.92 Å². The number of rotatable bonds is 5. The maximum atomic E-state index is 14.5. The molecule has 19 heteroatoms. The second kappa shape index (κ2) is 16.2. The Hall–Kier alpha value is -5.20. The molecule has 0 radical (unpaired) electrons. The Morgan fingerprint density at radius 3 is 2.43 bits per heavy atom. The molecule has 3 aliphatic heterocycles. The van der Waals surface area contributed by atoms with Gasteiger partial charge in [0.25, 0.3) is 15.9 Å². The Kier molecular flexibility index (Phi) is 11.9. The number of amides is 5. The molecule has 1 saturated carbocycles. The van der Waals surface area contributed by atoms with E-state index in [4.69, 9.17) is 9.47 Å². The standard InChI is InChI=1S/C39H45F4N5O9S/c1-37(2,3)57-35(52)44-29-16-8-6-4-5-7-13-24-19-38(24,34(51)46-58(54,55)31-17-10-9-14-27(31)39(41,42)43)45-32(49)30-18-25(21-48(30)33(29)50)56-36(53)47-20-23-12-11-15-28(40)26(23)22-47/h7,9-15,17,24-25,29-30H,4-6,8,16,18-22H2,1-3H3,(H,44,52)(H,45,49)(H,46,51)/t24-,25-,29+,30+,38-/m1/s1. The molecule has 2 fully saturated rings. The summed E-state index contributed by atoms with van der Waals surface area (Å²) in [5, 5.41) is 5.19. The predicted octanol–water partition coefficient (Wildman–Crippen LogP) is 5.06. The van der Waals surface area contributed by atoms with Crippen LogP contribution in [0, 0.1) is 11.7 Å². The van der Waals surface area contributed by atoms with E-state index in [2.05, 4.69) is 10.6 Å². The third-order valence-electron chi connectivity index (χ3n) is 10.5. The van der Waals surface area contributed by atoms with E-state index in [1.165, 1.54) is 17.0 Å². The quantitative estimate of drug-likeness (QED) is 0.274. The smallest absolute Gasteiger partial charge is 0.417 e. The second-order valence-electron chi connectivity index (χ2n) is 15.9. The summed E-state index contributed by atoms with van der Waals surface area (Å²) in [5.41, 5.74) is -3.45. The summed E-state index contributed by atoms with van der Waals surface area (Å²) >= 11 is 0. The number of nitrogens with zero attached hydrogens (tertiary/aromatic N) is 2. The zero-order chi connectivity index (χ0) is 42.2. The number of fused-ring (bicyclic) bond motifs is 3. The molecule has 14 nitrogen and oxygen atoms in total. The van der Waals surface area contributed by atoms with Gasteiger partial charge in [-0.25, -0.2) is 27.1 Å². The molecule has 2 aromatic rings. The van der Waals surface area contributed by atoms with Gasteiger partial charge in [-0.2, -0.15) is 13.2 Å². The topological polar surface area (TPSA) is 181 Å². The Labute approximate surface area is 332 Å². The van der Waals surface area contributed by atoms with E-state index in [0.717, 1.165) is 17.0 Å². The van der Waals surface area contributed by atoms with E-state index < -0.39 is 97.6 Å². The molecular weight excluding hydrogens is 791 g/mol. The number of carbonyl (C=O) groups excluding carboxylic acids is 5. The minimum absolute atomic E-state index is 0.0516. The molecule has 58 heavy (non-hydrogen) atoms. The van der Waals surface area contributed by atoms with Crippen LogP contribution in [0.15, 0.2) is 59.5 Å². The minimum atomic E-state index is -5.13. The van der Waals surface area contributed by atoms with Crippen molar-refractivity contribution in [3.8, 4) is 0 Å². The summed E-state index contributed by atoms with van der Waals surface area (Å²) in [4.78, 5) is 70.1. The maximum Gasteiger partial charge on any atom is 0.417 e. The van der Waals surface area contributed by atoms with Crippen LogP contribution in [0.25, 0.3) is 0 Å². The highest BCUT2D eigenvalue weighted by Crippen LogP contribution is 2.46. The van der Waals surface area contributed by atoms with Crippen LogP contribution in [-0.2, 0) is 53.1 Å². The molecule has 5 amide bonds. The van der Waals surface area contributed by atoms with E-state index in [1.54, 1.807) is 43.7 Å². The minimum Gasteiger partial charge on any atom is -0.444 e. The van der Waals surface area contributed by atoms with Crippen molar-refractivity contribution >= 4 is 39.9 Å². The number of hydrogen-bond acceptors (Lipinski definition) is 9. The molecule has 0 spiro atoms. The molecule has 314 valence electrons. The lowest BCUT2D eigenvalue weighted by Gasteiger charge is -2.30. The SMILES string of the molecule is CC(C)(C)OC(=O)N[C@H]1CCCCCC=C[C@@H]2C[C@@]2(C(=O)NS(=O)(=O)c2ccccc2C(F)(F)F)NC(=O)[C@@H]2C[C@@H](OC(=O)N3Cc4cccc(F)c4C3)CN2C1=O. The van der Waals surface area contributed by atoms with Crippen molar-refractivity contribution in [3.63, 3.8) is 0 Å². The number of alkyl halides is 3. The number of hydrogen-bond donors (Lipinski definition) is 3. The number of carbonyl (C=O) groups is 5. The van der Waals surface area contributed by atoms with Crippen molar-refractivity contribution in [3.05, 3.63) is 77.1 Å². The van der Waals surface area contributed by atoms with E-state index in [9.17, 15) is 50.0 Å². The van der Waals surface area contributed by atoms with Gasteiger partial charge in [0.15, 0.2) is 0 Å². The summed E-state index contributed by atoms with van der Waals surface area (Å²) in [7, 11) is -5.13. The molecule has 5 atom stereocenters. The highest BCUT2D eigenvalue weighted by Gasteiger charge is 2.62. The van der Waals surface area contributed by atoms with Crippen LogP contribution in [-0.4, -0.2) is 84.0 Å². The molecule has 0 bridgehead atoms. The van der Waals surface area contributed by atoms with Gasteiger partial charge in [0.2, 0.25) is 11.8 Å². The van der Waals surface area contributed by atoms with Crippen LogP contribution in [0.5, 0.6) is 0 Å². The molecular formula is C39H45F4N5O9S. The average Bonchev–Trinajstić information content (AvgIpc) is 3.42. The molecule has 3 heterocycles. The maximum absolute atomic E-state index is 14.5. The molecule has 0 aromatic heterocycles. The zero-order valence-corrected chi connectivity index (χ0v) is 32.9. The normalized spacial score (nSPS) is 25.3. The van der Waals surface area contributed by atoms with Crippen LogP contribution in [0.4, 0.5) is 27.2 Å². The largest absolute Gasteiger partial charge is 0.444 e. The van der Waals surface area contributed by atoms with E-state index in [1.807, 2.05) is 0 Å². The number of ether oxygens (including phenoxy) is 2. The predicted molar refractivity (Wildman–Crippen MR) is 197 cm³/mol. The van der Waals surface area contributed by atoms with Crippen LogP contribution < -0.4 is 15.4 Å². The molecule has 1 saturated heterocycles. The molecule has 0 unspecified atom stereocenters. The number of benzene rings is 2. The van der Waals surface area contributed by atoms with Crippen LogP contribution in [0.3, 0.4) is 0 Å². The lowest BCUT2D eigenvalue weighted by Crippen LogP contribution is -2.58. The highest BCUT2D eigenvalue weighted by atomic mass is 32.2. The monoisotopic (exact) mass is 835 g/mol. The lowest BCUT2D eigenvalue weighted by molar-refractivity contribution is -0.141. The molecule has 3 N–H and O–H groups in total. The van der Waals surface area contributed by atoms with Gasteiger partial charge in [0.1, 0.15) is 35.1 Å². The van der Waals surface area contributed by atoms with Gasteiger partial charge in [-0.3, -0.25) is 19.3 Å². The lowest BCUT2D eigenvalue weighted by atomic mass is 10.0. The van der Waals surface area contributed by atoms with Crippen LogP contribution in [0.2, 0.25) is 0 Å². The zero-order valence-electron chi connectivity index (χ0n) is 32.1. The van der Waals surface area contributed by atoms with Crippen molar-refractivity contribution in [2.75, 3.05) is 6.54 Å². The van der Waals surface area contributed by atoms with Gasteiger partial charge in [-0.15, -0.1) is 0 Å². The van der Waals surface area contributed by atoms with E-state index in [-0.39, 0.29) is 38.9 Å². The molecule has 6 rings (SSSR count). The van der Waals surface area contributed by atoms with Crippen molar-refractivity contribution in [1.29, 1.82) is 0 Å². The summed E-state index contributed by atoms with van der Waals surface area (Å²) in [6.07, 6.45) is -2.56. The Morgan fingerprint density at radius 2 is 1.72 bits per heavy atom. The Bertz CT molecular complexity index is 2110. The fraction of sp³-hybridized carbons (Fsp3) is 0.513. The number of nitrogens with one attached hydrogen (secondary N) is 3. The highest BCUT2D eigenvalue weighted by molar-refractivity contribution is 7.90. The molecule has 2 aromatic carbocycles. The number of halogens is 4. The van der Waals surface area contributed by atoms with E-state index >= 15 is 0 Å². The number of allylic oxidation sites excluding steroid dienone is 1. The number of alkyl carbamates (subject to hydrolysis) is 1. The van der Waals surface area contributed by atoms with E-state index in [0.29, 0.717) is 48.9 Å². The summed E-state index contributed by atoms with van der Waals surface area (Å²) in [6, 6.07) is 5.18. The van der Waals surface area contributed by atoms with Gasteiger partial charge in [0.05, 0.1) is 23.5 Å². The first-order valence-corrected chi connectivity index (χ1v) is 20.4. The van der Waals surface area contributed by atoms with Gasteiger partial charge >= 0.3 is 18.4 Å². The second-order valence-corrected chi connectivity index (χ2v) is 17.6. The van der Waals surface area contributed by atoms with Gasteiger partial charge in [-0.05, 0) is 70.2 Å². The first-order valence-electron chi connectivity index (χ1n) is 18.9. The van der Waals surface area contributed by atoms with Gasteiger partial charge < -0.3 is 25.0 Å². The van der Waals surface area contributed by atoms with Crippen LogP contribution >= 0.6 is 0 Å². The van der Waals surface area contributed by atoms with Crippen molar-refractivity contribution in [1.82, 2.24) is 25.2 Å². The fourth-order valence-electron chi connectivity index (χ4n) is 7.55. The Morgan fingerprint density at radius 1 is 0.983 bits per heavy atom. The number of sulfonamides is 1. The third-order valence-corrected chi connectivity index (χ3v) is 11.9. The summed E-state index contributed by atoms with van der Waals surface area (Å²) in [5.74, 6) is -4.21. The van der Waals surface area contributed by atoms with Crippen LogP contribution in [0.1, 0.15) is 82.4 Å².